The predicted octanol–water partition coefficient (Wildman–Crippen LogP) is 2.09. The van der Waals surface area contributed by atoms with Gasteiger partial charge in [0.05, 0.1) is 0 Å². The Bertz CT molecular complexity index is 96.6. The summed E-state index contributed by atoms with van der Waals surface area (Å²) in [5.41, 5.74) is 0. The van der Waals surface area contributed by atoms with E-state index in [4.69, 9.17) is 11.8 Å². The molecule has 1 rings (SSSR count). The second-order valence-electron chi connectivity index (χ2n) is 0.731. The van der Waals surface area contributed by atoms with Gasteiger partial charge in [-0.2, -0.15) is 11.4 Å². The van der Waals surface area contributed by atoms with E-state index in [1.54, 1.807) is 11.3 Å². The van der Waals surface area contributed by atoms with Crippen LogP contribution in [0.4, 0.5) is 0 Å². The molecule has 0 unspecified atom stereocenters. The molecular weight excluding hydrogens is 182 g/mol. The Hall–Kier alpha value is -0.291. The molecule has 0 saturated carbocycles. The van der Waals surface area contributed by atoms with Crippen molar-refractivity contribution >= 4 is 11.3 Å². The van der Waals surface area contributed by atoms with E-state index >= 15 is 0 Å². The third-order valence-electron chi connectivity index (χ3n) is 0.379. The number of nitrogens with zero attached hydrogens (tertiary/aromatic N) is 1. The molecule has 1 nitrogen and oxygen atoms in total. The SMILES string of the molecule is [C-]#N.[CH3-].[Cu+2].[c-]1cccs1. The average molecular weight is 188 g/mol. The molecule has 0 aromatic carbocycles. The Morgan fingerprint density at radius 1 is 1.44 bits per heavy atom. The molecule has 0 aliphatic carbocycles. The molecule has 1 radical (unpaired) electrons. The molecule has 0 atom stereocenters. The van der Waals surface area contributed by atoms with Crippen LogP contribution >= 0.6 is 11.3 Å². The fourth-order valence-corrected chi connectivity index (χ4v) is 0.589. The first kappa shape index (κ1) is 15.9. The van der Waals surface area contributed by atoms with Crippen molar-refractivity contribution in [2.24, 2.45) is 0 Å². The summed E-state index contributed by atoms with van der Waals surface area (Å²) >= 11 is 1.59. The van der Waals surface area contributed by atoms with Crippen molar-refractivity contribution in [1.82, 2.24) is 0 Å². The molecule has 1 aromatic heterocycles. The smallest absolute Gasteiger partial charge is 0.512 e. The van der Waals surface area contributed by atoms with Gasteiger partial charge in [0.15, 0.2) is 0 Å². The molecule has 0 amide bonds. The molecule has 9 heavy (non-hydrogen) atoms. The van der Waals surface area contributed by atoms with Gasteiger partial charge in [-0.25, -0.2) is 6.07 Å². The normalized spacial score (nSPS) is 4.67. The second kappa shape index (κ2) is 15.6. The van der Waals surface area contributed by atoms with Gasteiger partial charge >= 0.3 is 17.1 Å². The zero-order chi connectivity index (χ0) is 5.54. The molecule has 3 heteroatoms. The number of hydrogen-bond donors (Lipinski definition) is 0. The molecule has 0 fully saturated rings. The van der Waals surface area contributed by atoms with E-state index in [9.17, 15) is 0 Å². The predicted molar refractivity (Wildman–Crippen MR) is 34.5 cm³/mol. The fourth-order valence-electron chi connectivity index (χ4n) is 0.196. The van der Waals surface area contributed by atoms with Gasteiger partial charge in [0, 0.05) is 0 Å². The van der Waals surface area contributed by atoms with Crippen LogP contribution in [0.15, 0.2) is 17.5 Å². The van der Waals surface area contributed by atoms with Crippen LogP contribution in [0.2, 0.25) is 0 Å². The number of thiophene rings is 1. The van der Waals surface area contributed by atoms with E-state index in [2.05, 4.69) is 5.38 Å². The summed E-state index contributed by atoms with van der Waals surface area (Å²) in [7, 11) is 0. The van der Waals surface area contributed by atoms with E-state index in [0.717, 1.165) is 0 Å². The third-order valence-corrected chi connectivity index (χ3v) is 0.944. The maximum Gasteiger partial charge on any atom is 2.00 e. The maximum absolute atomic E-state index is 6.25. The van der Waals surface area contributed by atoms with Crippen molar-refractivity contribution in [3.63, 3.8) is 0 Å². The van der Waals surface area contributed by atoms with Crippen molar-refractivity contribution in [2.75, 3.05) is 0 Å². The Morgan fingerprint density at radius 2 is 2.00 bits per heavy atom. The minimum absolute atomic E-state index is 0. The minimum Gasteiger partial charge on any atom is -0.512 e. The average Bonchev–Trinajstić information content (AvgIpc) is 2.23. The van der Waals surface area contributed by atoms with Gasteiger partial charge in [0.25, 0.3) is 0 Å². The second-order valence-corrected chi connectivity index (χ2v) is 1.47. The van der Waals surface area contributed by atoms with Crippen LogP contribution in [-0.4, -0.2) is 0 Å². The van der Waals surface area contributed by atoms with Crippen LogP contribution in [0.5, 0.6) is 0 Å². The number of rotatable bonds is 0. The first-order valence-corrected chi connectivity index (χ1v) is 2.50. The van der Waals surface area contributed by atoms with Gasteiger partial charge in [0.1, 0.15) is 0 Å². The van der Waals surface area contributed by atoms with Gasteiger partial charge in [-0.3, -0.25) is 0 Å². The number of hydrogen-bond acceptors (Lipinski definition) is 2. The molecule has 0 bridgehead atoms. The van der Waals surface area contributed by atoms with Gasteiger partial charge < -0.3 is 30.6 Å². The van der Waals surface area contributed by atoms with Crippen LogP contribution in [-0.2, 0) is 17.1 Å². The Balaban J connectivity index is -0.0000000836. The summed E-state index contributed by atoms with van der Waals surface area (Å²) in [6, 6.07) is 3.86. The van der Waals surface area contributed by atoms with Gasteiger partial charge in [0.2, 0.25) is 0 Å². The first-order valence-electron chi connectivity index (χ1n) is 1.62. The summed E-state index contributed by atoms with van der Waals surface area (Å²) in [5.74, 6) is 0. The van der Waals surface area contributed by atoms with Gasteiger partial charge in [-0.15, -0.1) is 5.38 Å². The monoisotopic (exact) mass is 187 g/mol. The van der Waals surface area contributed by atoms with E-state index < -0.39 is 0 Å². The molecule has 0 spiro atoms. The summed E-state index contributed by atoms with van der Waals surface area (Å²) < 4.78 is 0. The topological polar surface area (TPSA) is 23.8 Å². The van der Waals surface area contributed by atoms with E-state index in [-0.39, 0.29) is 24.5 Å². The van der Waals surface area contributed by atoms with Gasteiger partial charge in [-0.05, 0) is 0 Å². The molecule has 1 aromatic rings. The van der Waals surface area contributed by atoms with Crippen LogP contribution in [0, 0.1) is 24.6 Å². The summed E-state index contributed by atoms with van der Waals surface area (Å²) in [6.07, 6.45) is 0. The molecule has 0 N–H and O–H groups in total. The van der Waals surface area contributed by atoms with E-state index in [1.807, 2.05) is 17.5 Å². The van der Waals surface area contributed by atoms with Crippen LogP contribution in [0.1, 0.15) is 0 Å². The largest absolute Gasteiger partial charge is 2.00 e. The molecule has 53 valence electrons. The van der Waals surface area contributed by atoms with Crippen LogP contribution in [0.25, 0.3) is 0 Å². The standard InChI is InChI=1S/C4H3S.CN.CH3.Cu/c1-2-4-5-3-1;1-2;;/h1-3H;;1H3;/q3*-1;+2. The van der Waals surface area contributed by atoms with Crippen molar-refractivity contribution in [3.8, 4) is 0 Å². The Labute approximate surface area is 70.8 Å². The molecule has 0 aliphatic rings. The Kier molecular flexibility index (Phi) is 27.6. The van der Waals surface area contributed by atoms with Crippen molar-refractivity contribution in [1.29, 1.82) is 5.26 Å². The van der Waals surface area contributed by atoms with E-state index in [1.165, 1.54) is 0 Å². The molecule has 0 aliphatic heterocycles. The molecule has 0 saturated heterocycles. The van der Waals surface area contributed by atoms with Crippen molar-refractivity contribution in [3.05, 3.63) is 36.9 Å². The van der Waals surface area contributed by atoms with Crippen LogP contribution in [0.3, 0.4) is 0 Å². The zero-order valence-corrected chi connectivity index (χ0v) is 6.65. The van der Waals surface area contributed by atoms with Crippen molar-refractivity contribution in [2.45, 2.75) is 0 Å². The maximum atomic E-state index is 6.25. The molecule has 1 heterocycles. The van der Waals surface area contributed by atoms with Crippen LogP contribution < -0.4 is 0 Å². The quantitative estimate of drug-likeness (QED) is 0.451. The summed E-state index contributed by atoms with van der Waals surface area (Å²) in [4.78, 5) is 0. The van der Waals surface area contributed by atoms with Gasteiger partial charge in [-0.1, -0.05) is 0 Å². The fraction of sp³-hybridized carbons (Fsp3) is 0. The summed E-state index contributed by atoms with van der Waals surface area (Å²) in [6.45, 7) is 4.75. The van der Waals surface area contributed by atoms with Crippen molar-refractivity contribution < 1.29 is 17.1 Å². The zero-order valence-electron chi connectivity index (χ0n) is 4.89. The minimum atomic E-state index is 0. The molecular formula is C6H6CuNS-. The Morgan fingerprint density at radius 3 is 2.11 bits per heavy atom. The first-order chi connectivity index (χ1) is 3.50. The summed E-state index contributed by atoms with van der Waals surface area (Å²) in [5, 5.41) is 11.1. The van der Waals surface area contributed by atoms with E-state index in [0.29, 0.717) is 0 Å². The third kappa shape index (κ3) is 11.3.